The molecule has 0 aromatic heterocycles. The van der Waals surface area contributed by atoms with Gasteiger partial charge in [-0.25, -0.2) is 0 Å². The monoisotopic (exact) mass is 161 g/mol. The number of rotatable bonds is 1. The fourth-order valence-electron chi connectivity index (χ4n) is 1.34. The summed E-state index contributed by atoms with van der Waals surface area (Å²) in [6, 6.07) is 10.2. The quantitative estimate of drug-likeness (QED) is 0.620. The van der Waals surface area contributed by atoms with Gasteiger partial charge in [-0.3, -0.25) is 0 Å². The number of oxime groups is 1. The van der Waals surface area contributed by atoms with E-state index >= 15 is 0 Å². The van der Waals surface area contributed by atoms with Gasteiger partial charge in [0.15, 0.2) is 6.10 Å². The molecule has 0 aliphatic carbocycles. The number of hydrogen-bond donors (Lipinski definition) is 0. The van der Waals surface area contributed by atoms with E-state index in [0.717, 1.165) is 12.1 Å². The van der Waals surface area contributed by atoms with Gasteiger partial charge in [0.25, 0.3) is 0 Å². The van der Waals surface area contributed by atoms with Gasteiger partial charge in [0, 0.05) is 6.42 Å². The van der Waals surface area contributed by atoms with Crippen LogP contribution in [0.5, 0.6) is 0 Å². The first-order valence-corrected chi connectivity index (χ1v) is 4.10. The molecule has 0 amide bonds. The Morgan fingerprint density at radius 3 is 2.67 bits per heavy atom. The summed E-state index contributed by atoms with van der Waals surface area (Å²) in [5.41, 5.74) is 2.28. The summed E-state index contributed by atoms with van der Waals surface area (Å²) in [4.78, 5) is 5.24. The molecule has 0 N–H and O–H groups in total. The second kappa shape index (κ2) is 2.97. The Kier molecular flexibility index (Phi) is 1.82. The molecule has 2 heteroatoms. The van der Waals surface area contributed by atoms with Crippen LogP contribution >= 0.6 is 0 Å². The molecule has 0 radical (unpaired) electrons. The molecule has 1 aromatic rings. The first kappa shape index (κ1) is 7.35. The molecule has 0 saturated heterocycles. The van der Waals surface area contributed by atoms with Crippen LogP contribution < -0.4 is 0 Å². The summed E-state index contributed by atoms with van der Waals surface area (Å²) in [5, 5.41) is 3.91. The third-order valence-corrected chi connectivity index (χ3v) is 1.99. The second-order valence-electron chi connectivity index (χ2n) is 3.04. The summed E-state index contributed by atoms with van der Waals surface area (Å²) >= 11 is 0. The summed E-state index contributed by atoms with van der Waals surface area (Å²) in [6.45, 7) is 1.99. The Balaban J connectivity index is 2.14. The molecule has 1 aromatic carbocycles. The molecule has 1 unspecified atom stereocenters. The molecule has 2 rings (SSSR count). The minimum Gasteiger partial charge on any atom is -0.387 e. The Hall–Kier alpha value is -1.31. The molecule has 62 valence electrons. The minimum atomic E-state index is 0.145. The molecule has 0 fully saturated rings. The first-order chi connectivity index (χ1) is 5.86. The molecule has 12 heavy (non-hydrogen) atoms. The van der Waals surface area contributed by atoms with Gasteiger partial charge in [0.05, 0.1) is 5.71 Å². The zero-order chi connectivity index (χ0) is 8.39. The van der Waals surface area contributed by atoms with Crippen molar-refractivity contribution in [2.45, 2.75) is 19.4 Å². The van der Waals surface area contributed by atoms with Crippen molar-refractivity contribution < 1.29 is 4.84 Å². The van der Waals surface area contributed by atoms with Crippen LogP contribution in [-0.2, 0) is 4.84 Å². The van der Waals surface area contributed by atoms with Gasteiger partial charge in [0.2, 0.25) is 0 Å². The van der Waals surface area contributed by atoms with E-state index in [4.69, 9.17) is 4.84 Å². The number of hydrogen-bond acceptors (Lipinski definition) is 2. The zero-order valence-corrected chi connectivity index (χ0v) is 7.03. The fourth-order valence-corrected chi connectivity index (χ4v) is 1.34. The summed E-state index contributed by atoms with van der Waals surface area (Å²) in [7, 11) is 0. The highest BCUT2D eigenvalue weighted by atomic mass is 16.6. The minimum absolute atomic E-state index is 0.145. The average Bonchev–Trinajstić information content (AvgIpc) is 2.54. The van der Waals surface area contributed by atoms with Crippen LogP contribution in [0.25, 0.3) is 0 Å². The molecule has 2 nitrogen and oxygen atoms in total. The van der Waals surface area contributed by atoms with E-state index < -0.39 is 0 Å². The maximum absolute atomic E-state index is 5.24. The zero-order valence-electron chi connectivity index (χ0n) is 7.03. The van der Waals surface area contributed by atoms with Crippen molar-refractivity contribution in [2.24, 2.45) is 5.16 Å². The lowest BCUT2D eigenvalue weighted by Crippen LogP contribution is -1.96. The van der Waals surface area contributed by atoms with Gasteiger partial charge >= 0.3 is 0 Å². The first-order valence-electron chi connectivity index (χ1n) is 4.10. The average molecular weight is 161 g/mol. The summed E-state index contributed by atoms with van der Waals surface area (Å²) in [6.07, 6.45) is 1.07. The highest BCUT2D eigenvalue weighted by Gasteiger charge is 2.19. The van der Waals surface area contributed by atoms with Gasteiger partial charge in [-0.15, -0.1) is 0 Å². The molecular formula is C10H11NO. The lowest BCUT2D eigenvalue weighted by atomic mass is 10.1. The maximum atomic E-state index is 5.24. The molecule has 1 aliphatic heterocycles. The van der Waals surface area contributed by atoms with Gasteiger partial charge in [0.1, 0.15) is 0 Å². The van der Waals surface area contributed by atoms with Gasteiger partial charge in [-0.2, -0.15) is 0 Å². The van der Waals surface area contributed by atoms with Crippen molar-refractivity contribution in [3.63, 3.8) is 0 Å². The van der Waals surface area contributed by atoms with Crippen LogP contribution in [0.4, 0.5) is 0 Å². The standard InChI is InChI=1S/C10H11NO/c1-8-7-10(12-11-8)9-5-3-2-4-6-9/h2-6,10H,7H2,1H3. The van der Waals surface area contributed by atoms with Crippen molar-refractivity contribution in [3.05, 3.63) is 35.9 Å². The number of nitrogens with zero attached hydrogens (tertiary/aromatic N) is 1. The van der Waals surface area contributed by atoms with E-state index in [1.165, 1.54) is 5.56 Å². The van der Waals surface area contributed by atoms with E-state index in [2.05, 4.69) is 17.3 Å². The fraction of sp³-hybridized carbons (Fsp3) is 0.300. The van der Waals surface area contributed by atoms with Gasteiger partial charge in [-0.05, 0) is 12.5 Å². The van der Waals surface area contributed by atoms with Crippen molar-refractivity contribution in [3.8, 4) is 0 Å². The van der Waals surface area contributed by atoms with Crippen LogP contribution in [-0.4, -0.2) is 5.71 Å². The highest BCUT2D eigenvalue weighted by Crippen LogP contribution is 2.26. The van der Waals surface area contributed by atoms with Crippen molar-refractivity contribution >= 4 is 5.71 Å². The topological polar surface area (TPSA) is 21.6 Å². The lowest BCUT2D eigenvalue weighted by Gasteiger charge is -2.06. The molecule has 0 saturated carbocycles. The Bertz CT molecular complexity index is 292. The second-order valence-corrected chi connectivity index (χ2v) is 3.04. The van der Waals surface area contributed by atoms with E-state index in [0.29, 0.717) is 0 Å². The molecule has 1 aliphatic rings. The molecule has 0 bridgehead atoms. The van der Waals surface area contributed by atoms with E-state index in [1.54, 1.807) is 0 Å². The normalized spacial score (nSPS) is 21.8. The van der Waals surface area contributed by atoms with E-state index in [9.17, 15) is 0 Å². The molecular weight excluding hydrogens is 150 g/mol. The van der Waals surface area contributed by atoms with E-state index in [-0.39, 0.29) is 6.10 Å². The van der Waals surface area contributed by atoms with Crippen LogP contribution in [0, 0.1) is 0 Å². The van der Waals surface area contributed by atoms with Crippen LogP contribution in [0.2, 0.25) is 0 Å². The lowest BCUT2D eigenvalue weighted by molar-refractivity contribution is 0.0857. The highest BCUT2D eigenvalue weighted by molar-refractivity contribution is 5.83. The van der Waals surface area contributed by atoms with Crippen LogP contribution in [0.3, 0.4) is 0 Å². The van der Waals surface area contributed by atoms with Crippen LogP contribution in [0.15, 0.2) is 35.5 Å². The molecule has 0 spiro atoms. The molecule has 1 heterocycles. The summed E-state index contributed by atoms with van der Waals surface area (Å²) < 4.78 is 0. The Labute approximate surface area is 71.8 Å². The predicted octanol–water partition coefficient (Wildman–Crippen LogP) is 2.52. The third kappa shape index (κ3) is 1.33. The third-order valence-electron chi connectivity index (χ3n) is 1.99. The molecule has 1 atom stereocenters. The van der Waals surface area contributed by atoms with Crippen molar-refractivity contribution in [1.29, 1.82) is 0 Å². The Morgan fingerprint density at radius 2 is 2.08 bits per heavy atom. The summed E-state index contributed by atoms with van der Waals surface area (Å²) in [5.74, 6) is 0. The van der Waals surface area contributed by atoms with Gasteiger partial charge in [-0.1, -0.05) is 35.5 Å². The van der Waals surface area contributed by atoms with Crippen LogP contribution in [0.1, 0.15) is 25.0 Å². The van der Waals surface area contributed by atoms with Crippen molar-refractivity contribution in [2.75, 3.05) is 0 Å². The smallest absolute Gasteiger partial charge is 0.157 e. The number of benzene rings is 1. The predicted molar refractivity (Wildman–Crippen MR) is 48.0 cm³/mol. The van der Waals surface area contributed by atoms with E-state index in [1.807, 2.05) is 25.1 Å². The van der Waals surface area contributed by atoms with Gasteiger partial charge < -0.3 is 4.84 Å². The maximum Gasteiger partial charge on any atom is 0.157 e. The van der Waals surface area contributed by atoms with Crippen molar-refractivity contribution in [1.82, 2.24) is 0 Å². The Morgan fingerprint density at radius 1 is 1.33 bits per heavy atom. The SMILES string of the molecule is CC1=NOC(c2ccccc2)C1. The largest absolute Gasteiger partial charge is 0.387 e.